The molecule has 0 fully saturated rings. The van der Waals surface area contributed by atoms with Gasteiger partial charge in [0.2, 0.25) is 5.43 Å². The predicted molar refractivity (Wildman–Crippen MR) is 83.5 cm³/mol. The molecule has 0 saturated carbocycles. The third kappa shape index (κ3) is 2.24. The van der Waals surface area contributed by atoms with E-state index >= 15 is 0 Å². The van der Waals surface area contributed by atoms with Gasteiger partial charge in [0.1, 0.15) is 17.1 Å². The number of benzene rings is 1. The van der Waals surface area contributed by atoms with Crippen molar-refractivity contribution in [2.75, 3.05) is 5.73 Å². The Kier molecular flexibility index (Phi) is 3.42. The lowest BCUT2D eigenvalue weighted by Gasteiger charge is -2.13. The summed E-state index contributed by atoms with van der Waals surface area (Å²) in [6.07, 6.45) is 1.52. The van der Waals surface area contributed by atoms with Crippen LogP contribution >= 0.6 is 0 Å². The molecule has 0 aliphatic rings. The van der Waals surface area contributed by atoms with Crippen LogP contribution in [0.25, 0.3) is 10.9 Å². The number of furan rings is 1. The normalized spacial score (nSPS) is 10.8. The maximum Gasteiger partial charge on any atom is 0.259 e. The van der Waals surface area contributed by atoms with E-state index in [9.17, 15) is 9.59 Å². The summed E-state index contributed by atoms with van der Waals surface area (Å²) in [6.45, 7) is 0.196. The van der Waals surface area contributed by atoms with Crippen molar-refractivity contribution in [1.82, 2.24) is 9.88 Å². The van der Waals surface area contributed by atoms with Gasteiger partial charge in [0.15, 0.2) is 0 Å². The molecule has 0 bridgehead atoms. The molecule has 0 unspecified atom stereocenters. The van der Waals surface area contributed by atoms with Crippen molar-refractivity contribution < 1.29 is 9.21 Å². The summed E-state index contributed by atoms with van der Waals surface area (Å²) < 4.78 is 6.78. The predicted octanol–water partition coefficient (Wildman–Crippen LogP) is 1.64. The van der Waals surface area contributed by atoms with Crippen LogP contribution in [-0.4, -0.2) is 10.5 Å². The number of carbonyl (C=O) groups is 1. The number of hydrogen-bond acceptors (Lipinski definition) is 4. The van der Waals surface area contributed by atoms with Crippen molar-refractivity contribution in [3.05, 3.63) is 64.2 Å². The molecule has 6 heteroatoms. The highest BCUT2D eigenvalue weighted by Crippen LogP contribution is 2.16. The van der Waals surface area contributed by atoms with Gasteiger partial charge in [-0.15, -0.1) is 0 Å². The Hall–Kier alpha value is -3.02. The Balaban J connectivity index is 2.03. The Morgan fingerprint density at radius 1 is 1.27 bits per heavy atom. The van der Waals surface area contributed by atoms with E-state index in [0.29, 0.717) is 16.7 Å². The summed E-state index contributed by atoms with van der Waals surface area (Å²) in [5.41, 5.74) is 6.25. The maximum absolute atomic E-state index is 12.5. The lowest BCUT2D eigenvalue weighted by molar-refractivity contribution is 0.0947. The van der Waals surface area contributed by atoms with Gasteiger partial charge in [-0.05, 0) is 24.3 Å². The van der Waals surface area contributed by atoms with Gasteiger partial charge < -0.3 is 20.0 Å². The van der Waals surface area contributed by atoms with Gasteiger partial charge in [-0.1, -0.05) is 12.1 Å². The van der Waals surface area contributed by atoms with Gasteiger partial charge in [0.05, 0.1) is 18.3 Å². The molecule has 0 aliphatic carbocycles. The second-order valence-corrected chi connectivity index (χ2v) is 4.93. The fraction of sp³-hybridized carbons (Fsp3) is 0.125. The van der Waals surface area contributed by atoms with Crippen LogP contribution in [0.15, 0.2) is 51.9 Å². The SMILES string of the molecule is Cn1c(N)c(C(=O)NCc2ccco2)c(=O)c2ccccc21. The van der Waals surface area contributed by atoms with Gasteiger partial charge in [-0.2, -0.15) is 0 Å². The van der Waals surface area contributed by atoms with E-state index in [1.807, 2.05) is 6.07 Å². The topological polar surface area (TPSA) is 90.3 Å². The molecule has 0 spiro atoms. The zero-order chi connectivity index (χ0) is 15.7. The number of fused-ring (bicyclic) bond motifs is 1. The minimum atomic E-state index is -0.514. The van der Waals surface area contributed by atoms with Crippen LogP contribution in [-0.2, 0) is 13.6 Å². The quantitative estimate of drug-likeness (QED) is 0.769. The Bertz CT molecular complexity index is 895. The van der Waals surface area contributed by atoms with Gasteiger partial charge in [0, 0.05) is 12.4 Å². The van der Waals surface area contributed by atoms with Crippen molar-refractivity contribution in [2.45, 2.75) is 6.54 Å². The third-order valence-electron chi connectivity index (χ3n) is 3.58. The summed E-state index contributed by atoms with van der Waals surface area (Å²) >= 11 is 0. The number of nitrogens with two attached hydrogens (primary N) is 1. The highest BCUT2D eigenvalue weighted by molar-refractivity contribution is 6.01. The lowest BCUT2D eigenvalue weighted by Crippen LogP contribution is -2.31. The number of pyridine rings is 1. The molecule has 3 rings (SSSR count). The number of para-hydroxylation sites is 1. The summed E-state index contributed by atoms with van der Waals surface area (Å²) in [7, 11) is 1.72. The van der Waals surface area contributed by atoms with Gasteiger partial charge in [-0.3, -0.25) is 9.59 Å². The third-order valence-corrected chi connectivity index (χ3v) is 3.58. The molecule has 2 heterocycles. The average Bonchev–Trinajstić information content (AvgIpc) is 3.04. The zero-order valence-electron chi connectivity index (χ0n) is 12.0. The minimum Gasteiger partial charge on any atom is -0.467 e. The van der Waals surface area contributed by atoms with Gasteiger partial charge in [0.25, 0.3) is 5.91 Å². The van der Waals surface area contributed by atoms with Crippen LogP contribution in [0, 0.1) is 0 Å². The van der Waals surface area contributed by atoms with E-state index in [-0.39, 0.29) is 23.4 Å². The van der Waals surface area contributed by atoms with E-state index in [0.717, 1.165) is 0 Å². The van der Waals surface area contributed by atoms with Crippen LogP contribution in [0.1, 0.15) is 16.1 Å². The number of nitrogens with zero attached hydrogens (tertiary/aromatic N) is 1. The van der Waals surface area contributed by atoms with Gasteiger partial charge >= 0.3 is 0 Å². The molecule has 0 saturated heterocycles. The number of amides is 1. The molecule has 6 nitrogen and oxygen atoms in total. The fourth-order valence-corrected chi connectivity index (χ4v) is 2.39. The first-order valence-corrected chi connectivity index (χ1v) is 6.77. The molecule has 0 aliphatic heterocycles. The van der Waals surface area contributed by atoms with Crippen LogP contribution < -0.4 is 16.5 Å². The molecule has 1 aromatic carbocycles. The average molecular weight is 297 g/mol. The summed E-state index contributed by atoms with van der Waals surface area (Å²) in [6, 6.07) is 10.5. The molecule has 3 N–H and O–H groups in total. The number of hydrogen-bond donors (Lipinski definition) is 2. The molecule has 112 valence electrons. The van der Waals surface area contributed by atoms with E-state index < -0.39 is 5.91 Å². The van der Waals surface area contributed by atoms with Crippen LogP contribution in [0.5, 0.6) is 0 Å². The molecule has 3 aromatic rings. The van der Waals surface area contributed by atoms with Crippen molar-refractivity contribution >= 4 is 22.6 Å². The minimum absolute atomic E-state index is 0.0484. The first-order valence-electron chi connectivity index (χ1n) is 6.77. The lowest BCUT2D eigenvalue weighted by atomic mass is 10.1. The first-order chi connectivity index (χ1) is 10.6. The second-order valence-electron chi connectivity index (χ2n) is 4.93. The van der Waals surface area contributed by atoms with Crippen molar-refractivity contribution in [3.63, 3.8) is 0 Å². The van der Waals surface area contributed by atoms with E-state index in [4.69, 9.17) is 10.2 Å². The highest BCUT2D eigenvalue weighted by Gasteiger charge is 2.19. The maximum atomic E-state index is 12.5. The molecule has 2 aromatic heterocycles. The monoisotopic (exact) mass is 297 g/mol. The van der Waals surface area contributed by atoms with Crippen LogP contribution in [0.3, 0.4) is 0 Å². The molecular formula is C16H15N3O3. The number of aryl methyl sites for hydroxylation is 1. The molecule has 0 radical (unpaired) electrons. The molecule has 0 atom stereocenters. The molecule has 1 amide bonds. The molecule has 22 heavy (non-hydrogen) atoms. The first kappa shape index (κ1) is 13.9. The Morgan fingerprint density at radius 2 is 2.05 bits per heavy atom. The van der Waals surface area contributed by atoms with Crippen LogP contribution in [0.4, 0.5) is 5.82 Å². The largest absolute Gasteiger partial charge is 0.467 e. The highest BCUT2D eigenvalue weighted by atomic mass is 16.3. The smallest absolute Gasteiger partial charge is 0.259 e. The number of nitrogens with one attached hydrogen (secondary N) is 1. The van der Waals surface area contributed by atoms with Crippen molar-refractivity contribution in [2.24, 2.45) is 7.05 Å². The second kappa shape index (κ2) is 5.40. The Labute approximate surface area is 126 Å². The zero-order valence-corrected chi connectivity index (χ0v) is 12.0. The standard InChI is InChI=1S/C16H15N3O3/c1-19-12-7-3-2-6-11(12)14(20)13(15(19)17)16(21)18-9-10-5-4-8-22-10/h2-8H,9,17H2,1H3,(H,18,21). The summed E-state index contributed by atoms with van der Waals surface area (Å²) in [5, 5.41) is 3.11. The number of nitrogen functional groups attached to an aromatic ring is 1. The molecular weight excluding hydrogens is 282 g/mol. The van der Waals surface area contributed by atoms with E-state index in [1.165, 1.54) is 6.26 Å². The fourth-order valence-electron chi connectivity index (χ4n) is 2.39. The number of carbonyl (C=O) groups excluding carboxylic acids is 1. The van der Waals surface area contributed by atoms with E-state index in [1.54, 1.807) is 41.9 Å². The number of anilines is 1. The van der Waals surface area contributed by atoms with Gasteiger partial charge in [-0.25, -0.2) is 0 Å². The Morgan fingerprint density at radius 3 is 2.77 bits per heavy atom. The van der Waals surface area contributed by atoms with Crippen molar-refractivity contribution in [3.8, 4) is 0 Å². The summed E-state index contributed by atoms with van der Waals surface area (Å²) in [5.74, 6) is 0.227. The van der Waals surface area contributed by atoms with E-state index in [2.05, 4.69) is 5.32 Å². The number of rotatable bonds is 3. The van der Waals surface area contributed by atoms with Crippen molar-refractivity contribution in [1.29, 1.82) is 0 Å². The van der Waals surface area contributed by atoms with Crippen LogP contribution in [0.2, 0.25) is 0 Å². The number of aromatic nitrogens is 1. The summed E-state index contributed by atoms with van der Waals surface area (Å²) in [4.78, 5) is 24.9.